The second-order valence-electron chi connectivity index (χ2n) is 6.01. The third-order valence-electron chi connectivity index (χ3n) is 4.04. The van der Waals surface area contributed by atoms with Crippen molar-refractivity contribution in [2.75, 3.05) is 5.32 Å². The zero-order valence-corrected chi connectivity index (χ0v) is 14.6. The molecule has 0 unspecified atom stereocenters. The van der Waals surface area contributed by atoms with E-state index in [0.717, 1.165) is 27.5 Å². The van der Waals surface area contributed by atoms with Crippen LogP contribution in [0.1, 0.15) is 11.1 Å². The maximum atomic E-state index is 12.2. The van der Waals surface area contributed by atoms with Crippen LogP contribution in [0.2, 0.25) is 0 Å². The van der Waals surface area contributed by atoms with E-state index in [-0.39, 0.29) is 5.91 Å². The van der Waals surface area contributed by atoms with Crippen molar-refractivity contribution in [1.82, 2.24) is 9.38 Å². The van der Waals surface area contributed by atoms with Gasteiger partial charge in [-0.05, 0) is 24.6 Å². The summed E-state index contributed by atoms with van der Waals surface area (Å²) >= 11 is 1.61. The third-order valence-corrected chi connectivity index (χ3v) is 4.81. The number of imidazole rings is 1. The molecule has 0 fully saturated rings. The maximum Gasteiger partial charge on any atom is 0.228 e. The van der Waals surface area contributed by atoms with Crippen LogP contribution in [0.5, 0.6) is 0 Å². The van der Waals surface area contributed by atoms with Crippen molar-refractivity contribution in [1.29, 1.82) is 0 Å². The Morgan fingerprint density at radius 2 is 1.88 bits per heavy atom. The molecule has 4 aromatic rings. The van der Waals surface area contributed by atoms with E-state index in [0.29, 0.717) is 6.42 Å². The normalized spacial score (nSPS) is 10.9. The predicted molar refractivity (Wildman–Crippen MR) is 102 cm³/mol. The first-order chi connectivity index (χ1) is 12.2. The molecule has 0 aliphatic carbocycles. The van der Waals surface area contributed by atoms with Crippen LogP contribution in [-0.2, 0) is 11.2 Å². The van der Waals surface area contributed by atoms with Gasteiger partial charge in [0.15, 0.2) is 4.96 Å². The number of amides is 1. The zero-order valence-electron chi connectivity index (χ0n) is 13.8. The average molecular weight is 347 g/mol. The molecular formula is C20H17N3OS. The number of hydrogen-bond donors (Lipinski definition) is 1. The molecule has 4 rings (SSSR count). The van der Waals surface area contributed by atoms with Gasteiger partial charge in [0.2, 0.25) is 5.91 Å². The van der Waals surface area contributed by atoms with Crippen molar-refractivity contribution < 1.29 is 4.79 Å². The summed E-state index contributed by atoms with van der Waals surface area (Å²) < 4.78 is 2.01. The molecule has 25 heavy (non-hydrogen) atoms. The molecule has 0 atom stereocenters. The monoisotopic (exact) mass is 347 g/mol. The van der Waals surface area contributed by atoms with Crippen molar-refractivity contribution in [3.63, 3.8) is 0 Å². The molecule has 0 spiro atoms. The summed E-state index contributed by atoms with van der Waals surface area (Å²) in [5.74, 6) is -0.0147. The number of rotatable bonds is 4. The largest absolute Gasteiger partial charge is 0.326 e. The SMILES string of the molecule is Cc1ccc(CC(=O)Nc2ccc(-c3cn4ccsc4n3)cc2)cc1. The summed E-state index contributed by atoms with van der Waals surface area (Å²) in [5, 5.41) is 4.96. The molecule has 0 saturated heterocycles. The van der Waals surface area contributed by atoms with E-state index in [4.69, 9.17) is 0 Å². The lowest BCUT2D eigenvalue weighted by atomic mass is 10.1. The number of anilines is 1. The first kappa shape index (κ1) is 15.6. The Morgan fingerprint density at radius 3 is 2.60 bits per heavy atom. The number of hydrogen-bond acceptors (Lipinski definition) is 3. The fraction of sp³-hybridized carbons (Fsp3) is 0.100. The van der Waals surface area contributed by atoms with Crippen LogP contribution >= 0.6 is 11.3 Å². The molecule has 2 aromatic heterocycles. The molecule has 0 saturated carbocycles. The van der Waals surface area contributed by atoms with Crippen LogP contribution in [0.4, 0.5) is 5.69 Å². The summed E-state index contributed by atoms with van der Waals surface area (Å²) in [5.41, 5.74) is 4.97. The highest BCUT2D eigenvalue weighted by atomic mass is 32.1. The minimum atomic E-state index is -0.0147. The summed E-state index contributed by atoms with van der Waals surface area (Å²) in [6.07, 6.45) is 4.38. The van der Waals surface area contributed by atoms with E-state index in [1.165, 1.54) is 5.56 Å². The number of carbonyl (C=O) groups excluding carboxylic acids is 1. The van der Waals surface area contributed by atoms with Crippen molar-refractivity contribution >= 4 is 27.9 Å². The topological polar surface area (TPSA) is 46.4 Å². The van der Waals surface area contributed by atoms with Crippen LogP contribution in [0.25, 0.3) is 16.2 Å². The van der Waals surface area contributed by atoms with Gasteiger partial charge in [-0.15, -0.1) is 11.3 Å². The molecule has 2 aromatic carbocycles. The standard InChI is InChI=1S/C20H17N3OS/c1-14-2-4-15(5-3-14)12-19(24)21-17-8-6-16(7-9-17)18-13-23-10-11-25-20(23)22-18/h2-11,13H,12H2,1H3,(H,21,24). The first-order valence-corrected chi connectivity index (χ1v) is 8.93. The lowest BCUT2D eigenvalue weighted by Gasteiger charge is -2.06. The predicted octanol–water partition coefficient (Wildman–Crippen LogP) is 4.55. The first-order valence-electron chi connectivity index (χ1n) is 8.05. The number of thiazole rings is 1. The molecule has 2 heterocycles. The number of carbonyl (C=O) groups is 1. The van der Waals surface area contributed by atoms with E-state index in [1.54, 1.807) is 11.3 Å². The van der Waals surface area contributed by atoms with Crippen LogP contribution in [-0.4, -0.2) is 15.3 Å². The fourth-order valence-electron chi connectivity index (χ4n) is 2.69. The average Bonchev–Trinajstić information content (AvgIpc) is 3.19. The van der Waals surface area contributed by atoms with Crippen LogP contribution in [0.3, 0.4) is 0 Å². The smallest absolute Gasteiger partial charge is 0.228 e. The Kier molecular flexibility index (Phi) is 4.07. The van der Waals surface area contributed by atoms with Crippen molar-refractivity contribution in [3.05, 3.63) is 77.4 Å². The quantitative estimate of drug-likeness (QED) is 0.588. The fourth-order valence-corrected chi connectivity index (χ4v) is 3.39. The molecule has 0 bridgehead atoms. The second kappa shape index (κ2) is 6.53. The van der Waals surface area contributed by atoms with Gasteiger partial charge in [-0.3, -0.25) is 9.20 Å². The van der Waals surface area contributed by atoms with Crippen LogP contribution in [0, 0.1) is 6.92 Å². The molecule has 0 aliphatic rings. The van der Waals surface area contributed by atoms with Gasteiger partial charge in [-0.1, -0.05) is 42.0 Å². The number of nitrogens with one attached hydrogen (secondary N) is 1. The Hall–Kier alpha value is -2.92. The van der Waals surface area contributed by atoms with Crippen molar-refractivity contribution in [3.8, 4) is 11.3 Å². The maximum absolute atomic E-state index is 12.2. The van der Waals surface area contributed by atoms with Gasteiger partial charge in [0.25, 0.3) is 0 Å². The van der Waals surface area contributed by atoms with Crippen molar-refractivity contribution in [2.45, 2.75) is 13.3 Å². The molecule has 0 aliphatic heterocycles. The highest BCUT2D eigenvalue weighted by molar-refractivity contribution is 7.15. The van der Waals surface area contributed by atoms with Gasteiger partial charge in [0, 0.05) is 29.0 Å². The Labute approximate surface area is 149 Å². The number of aryl methyl sites for hydroxylation is 1. The van der Waals surface area contributed by atoms with E-state index in [9.17, 15) is 4.79 Å². The molecular weight excluding hydrogens is 330 g/mol. The highest BCUT2D eigenvalue weighted by Gasteiger charge is 2.07. The molecule has 1 N–H and O–H groups in total. The number of nitrogens with zero attached hydrogens (tertiary/aromatic N) is 2. The minimum absolute atomic E-state index is 0.0147. The second-order valence-corrected chi connectivity index (χ2v) is 6.88. The highest BCUT2D eigenvalue weighted by Crippen LogP contribution is 2.23. The molecule has 1 amide bonds. The summed E-state index contributed by atoms with van der Waals surface area (Å²) in [6, 6.07) is 15.8. The lowest BCUT2D eigenvalue weighted by molar-refractivity contribution is -0.115. The van der Waals surface area contributed by atoms with Crippen LogP contribution < -0.4 is 5.32 Å². The van der Waals surface area contributed by atoms with E-state index in [2.05, 4.69) is 10.3 Å². The third kappa shape index (κ3) is 3.46. The lowest BCUT2D eigenvalue weighted by Crippen LogP contribution is -2.14. The summed E-state index contributed by atoms with van der Waals surface area (Å²) in [6.45, 7) is 2.04. The number of fused-ring (bicyclic) bond motifs is 1. The molecule has 5 heteroatoms. The van der Waals surface area contributed by atoms with Gasteiger partial charge in [-0.25, -0.2) is 4.98 Å². The van der Waals surface area contributed by atoms with Gasteiger partial charge >= 0.3 is 0 Å². The van der Waals surface area contributed by atoms with Gasteiger partial charge in [0.1, 0.15) is 0 Å². The molecule has 124 valence electrons. The molecule has 0 radical (unpaired) electrons. The van der Waals surface area contributed by atoms with Gasteiger partial charge in [-0.2, -0.15) is 0 Å². The van der Waals surface area contributed by atoms with E-state index < -0.39 is 0 Å². The summed E-state index contributed by atoms with van der Waals surface area (Å²) in [7, 11) is 0. The Balaban J connectivity index is 1.43. The molecule has 4 nitrogen and oxygen atoms in total. The van der Waals surface area contributed by atoms with Crippen molar-refractivity contribution in [2.24, 2.45) is 0 Å². The van der Waals surface area contributed by atoms with Crippen LogP contribution in [0.15, 0.2) is 66.3 Å². The minimum Gasteiger partial charge on any atom is -0.326 e. The summed E-state index contributed by atoms with van der Waals surface area (Å²) in [4.78, 5) is 17.7. The van der Waals surface area contributed by atoms with Gasteiger partial charge in [0.05, 0.1) is 12.1 Å². The Bertz CT molecular complexity index is 985. The zero-order chi connectivity index (χ0) is 17.2. The van der Waals surface area contributed by atoms with E-state index >= 15 is 0 Å². The number of aromatic nitrogens is 2. The van der Waals surface area contributed by atoms with E-state index in [1.807, 2.05) is 77.6 Å². The number of benzene rings is 2. The Morgan fingerprint density at radius 1 is 1.12 bits per heavy atom. The van der Waals surface area contributed by atoms with Gasteiger partial charge < -0.3 is 5.32 Å².